The largest absolute Gasteiger partial charge is 0.360 e. The molecule has 4 aromatic rings. The van der Waals surface area contributed by atoms with Crippen LogP contribution in [0.1, 0.15) is 56.5 Å². The van der Waals surface area contributed by atoms with Gasteiger partial charge in [0.2, 0.25) is 0 Å². The van der Waals surface area contributed by atoms with Crippen molar-refractivity contribution in [3.05, 3.63) is 83.9 Å². The molecule has 2 aromatic heterocycles. The van der Waals surface area contributed by atoms with E-state index in [9.17, 15) is 0 Å². The molecule has 4 nitrogen and oxygen atoms in total. The molecular formula is C26H31N3O. The third-order valence-electron chi connectivity index (χ3n) is 5.11. The lowest BCUT2D eigenvalue weighted by Crippen LogP contribution is -1.96. The molecule has 0 amide bonds. The number of aromatic nitrogens is 3. The van der Waals surface area contributed by atoms with E-state index in [0.29, 0.717) is 11.8 Å². The second kappa shape index (κ2) is 9.57. The highest BCUT2D eigenvalue weighted by Crippen LogP contribution is 2.31. The highest BCUT2D eigenvalue weighted by atomic mass is 16.5. The van der Waals surface area contributed by atoms with Crippen LogP contribution < -0.4 is 0 Å². The third-order valence-corrected chi connectivity index (χ3v) is 5.11. The molecule has 0 unspecified atom stereocenters. The molecule has 2 heterocycles. The molecule has 0 bridgehead atoms. The van der Waals surface area contributed by atoms with Crippen molar-refractivity contribution in [3.8, 4) is 22.4 Å². The first-order valence-electron chi connectivity index (χ1n) is 10.5. The van der Waals surface area contributed by atoms with Crippen molar-refractivity contribution >= 4 is 0 Å². The molecule has 4 heteroatoms. The smallest absolute Gasteiger partial charge is 0.147 e. The first-order chi connectivity index (χ1) is 14.4. The van der Waals surface area contributed by atoms with E-state index in [4.69, 9.17) is 4.52 Å². The summed E-state index contributed by atoms with van der Waals surface area (Å²) in [5.74, 6) is 1.84. The van der Waals surface area contributed by atoms with Crippen molar-refractivity contribution in [2.45, 2.75) is 46.5 Å². The molecule has 156 valence electrons. The van der Waals surface area contributed by atoms with E-state index in [1.54, 1.807) is 0 Å². The van der Waals surface area contributed by atoms with E-state index in [1.807, 2.05) is 49.1 Å². The first kappa shape index (κ1) is 21.6. The molecular weight excluding hydrogens is 370 g/mol. The van der Waals surface area contributed by atoms with Crippen LogP contribution in [0.25, 0.3) is 22.4 Å². The number of benzene rings is 2. The Labute approximate surface area is 179 Å². The minimum Gasteiger partial charge on any atom is -0.360 e. The quantitative estimate of drug-likeness (QED) is 0.370. The molecule has 0 radical (unpaired) electrons. The van der Waals surface area contributed by atoms with Crippen molar-refractivity contribution in [3.63, 3.8) is 0 Å². The first-order valence-corrected chi connectivity index (χ1v) is 10.5. The number of hydrogen-bond acceptors (Lipinski definition) is 3. The van der Waals surface area contributed by atoms with Gasteiger partial charge in [0.1, 0.15) is 5.76 Å². The summed E-state index contributed by atoms with van der Waals surface area (Å²) >= 11 is 0. The molecule has 0 N–H and O–H groups in total. The topological polar surface area (TPSA) is 43.9 Å². The standard InChI is InChI=1S/C13H16N2.C13H15NO/c1-10(2)12-9-14-15(3)13(12)11-7-5-4-6-8-11;1-9(2)13-12(10(3)14-15-13)11-7-5-4-6-8-11/h4-10H,1-3H3;4-9H,1-3H3. The van der Waals surface area contributed by atoms with Gasteiger partial charge in [-0.25, -0.2) is 0 Å². The Morgan fingerprint density at radius 3 is 1.90 bits per heavy atom. The molecule has 2 aromatic carbocycles. The Morgan fingerprint density at radius 2 is 1.37 bits per heavy atom. The Balaban J connectivity index is 0.000000171. The van der Waals surface area contributed by atoms with Gasteiger partial charge >= 0.3 is 0 Å². The predicted molar refractivity (Wildman–Crippen MR) is 123 cm³/mol. The van der Waals surface area contributed by atoms with Gasteiger partial charge in [-0.3, -0.25) is 4.68 Å². The normalized spacial score (nSPS) is 10.9. The molecule has 0 aliphatic heterocycles. The number of rotatable bonds is 4. The van der Waals surface area contributed by atoms with Gasteiger partial charge in [0.05, 0.1) is 17.6 Å². The van der Waals surface area contributed by atoms with Crippen LogP contribution >= 0.6 is 0 Å². The summed E-state index contributed by atoms with van der Waals surface area (Å²) in [6, 6.07) is 20.7. The van der Waals surface area contributed by atoms with Gasteiger partial charge in [-0.05, 0) is 18.4 Å². The minimum atomic E-state index is 0.362. The van der Waals surface area contributed by atoms with Crippen molar-refractivity contribution < 1.29 is 4.52 Å². The molecule has 30 heavy (non-hydrogen) atoms. The molecule has 0 saturated heterocycles. The van der Waals surface area contributed by atoms with Gasteiger partial charge in [-0.2, -0.15) is 5.10 Å². The zero-order valence-corrected chi connectivity index (χ0v) is 18.8. The molecule has 4 rings (SSSR count). The van der Waals surface area contributed by atoms with Gasteiger partial charge in [-0.1, -0.05) is 93.5 Å². The van der Waals surface area contributed by atoms with Crippen LogP contribution in [0.4, 0.5) is 0 Å². The highest BCUT2D eigenvalue weighted by Gasteiger charge is 2.17. The summed E-state index contributed by atoms with van der Waals surface area (Å²) < 4.78 is 7.31. The summed E-state index contributed by atoms with van der Waals surface area (Å²) in [5.41, 5.74) is 7.06. The predicted octanol–water partition coefficient (Wildman–Crippen LogP) is 6.98. The van der Waals surface area contributed by atoms with Crippen molar-refractivity contribution in [1.82, 2.24) is 14.9 Å². The summed E-state index contributed by atoms with van der Waals surface area (Å²) in [6.07, 6.45) is 1.97. The lowest BCUT2D eigenvalue weighted by Gasteiger charge is -2.08. The van der Waals surface area contributed by atoms with Crippen molar-refractivity contribution in [1.29, 1.82) is 0 Å². The molecule has 0 fully saturated rings. The fourth-order valence-corrected chi connectivity index (χ4v) is 3.56. The summed E-state index contributed by atoms with van der Waals surface area (Å²) in [6.45, 7) is 10.6. The van der Waals surface area contributed by atoms with Crippen LogP contribution in [0.15, 0.2) is 71.4 Å². The van der Waals surface area contributed by atoms with Crippen LogP contribution in [0.5, 0.6) is 0 Å². The van der Waals surface area contributed by atoms with Crippen LogP contribution in [-0.2, 0) is 7.05 Å². The average Bonchev–Trinajstić information content (AvgIpc) is 3.33. The summed E-state index contributed by atoms with van der Waals surface area (Å²) in [4.78, 5) is 0. The second-order valence-electron chi connectivity index (χ2n) is 8.12. The Kier molecular flexibility index (Phi) is 6.88. The van der Waals surface area contributed by atoms with Crippen molar-refractivity contribution in [2.24, 2.45) is 7.05 Å². The SMILES string of the molecule is CC(C)c1cnn(C)c1-c1ccccc1.Cc1noc(C(C)C)c1-c1ccccc1. The van der Waals surface area contributed by atoms with E-state index in [1.165, 1.54) is 22.4 Å². The van der Waals surface area contributed by atoms with Gasteiger partial charge in [-0.15, -0.1) is 0 Å². The van der Waals surface area contributed by atoms with Crippen LogP contribution in [-0.4, -0.2) is 14.9 Å². The van der Waals surface area contributed by atoms with Gasteiger partial charge in [0.15, 0.2) is 0 Å². The number of nitrogens with zero attached hydrogens (tertiary/aromatic N) is 3. The van der Waals surface area contributed by atoms with E-state index in [2.05, 4.69) is 74.3 Å². The molecule has 0 aliphatic carbocycles. The molecule has 0 aliphatic rings. The second-order valence-corrected chi connectivity index (χ2v) is 8.12. The molecule has 0 spiro atoms. The number of hydrogen-bond donors (Lipinski definition) is 0. The van der Waals surface area contributed by atoms with E-state index in [0.717, 1.165) is 17.0 Å². The highest BCUT2D eigenvalue weighted by molar-refractivity contribution is 5.68. The molecule has 0 saturated carbocycles. The summed E-state index contributed by atoms with van der Waals surface area (Å²) in [5, 5.41) is 8.37. The monoisotopic (exact) mass is 401 g/mol. The lowest BCUT2D eigenvalue weighted by molar-refractivity contribution is 0.368. The fourth-order valence-electron chi connectivity index (χ4n) is 3.56. The maximum Gasteiger partial charge on any atom is 0.147 e. The van der Waals surface area contributed by atoms with E-state index < -0.39 is 0 Å². The van der Waals surface area contributed by atoms with Crippen molar-refractivity contribution in [2.75, 3.05) is 0 Å². The maximum absolute atomic E-state index is 5.36. The maximum atomic E-state index is 5.36. The van der Waals surface area contributed by atoms with Gasteiger partial charge in [0.25, 0.3) is 0 Å². The third kappa shape index (κ3) is 4.70. The van der Waals surface area contributed by atoms with Gasteiger partial charge < -0.3 is 4.52 Å². The van der Waals surface area contributed by atoms with Crippen LogP contribution in [0.2, 0.25) is 0 Å². The minimum absolute atomic E-state index is 0.362. The Morgan fingerprint density at radius 1 is 0.800 bits per heavy atom. The zero-order valence-electron chi connectivity index (χ0n) is 18.8. The fraction of sp³-hybridized carbons (Fsp3) is 0.308. The summed E-state index contributed by atoms with van der Waals surface area (Å²) in [7, 11) is 1.99. The lowest BCUT2D eigenvalue weighted by atomic mass is 9.99. The molecule has 0 atom stereocenters. The average molecular weight is 402 g/mol. The van der Waals surface area contributed by atoms with E-state index in [-0.39, 0.29) is 0 Å². The number of aryl methyl sites for hydroxylation is 2. The Hall–Kier alpha value is -3.14. The van der Waals surface area contributed by atoms with Crippen LogP contribution in [0, 0.1) is 6.92 Å². The van der Waals surface area contributed by atoms with Gasteiger partial charge in [0, 0.05) is 29.7 Å². The van der Waals surface area contributed by atoms with E-state index >= 15 is 0 Å². The zero-order chi connectivity index (χ0) is 21.7. The van der Waals surface area contributed by atoms with Crippen LogP contribution in [0.3, 0.4) is 0 Å². The Bertz CT molecular complexity index is 973.